The van der Waals surface area contributed by atoms with Crippen molar-refractivity contribution in [1.82, 2.24) is 0 Å². The van der Waals surface area contributed by atoms with Gasteiger partial charge in [0.15, 0.2) is 0 Å². The van der Waals surface area contributed by atoms with Crippen LogP contribution in [-0.4, -0.2) is 11.1 Å². The molecule has 2 aromatic carbocycles. The Morgan fingerprint density at radius 1 is 0.935 bits per heavy atom. The normalized spacial score (nSPS) is 11.5. The average Bonchev–Trinajstić information content (AvgIpc) is 3.27. The molecule has 31 heavy (non-hydrogen) atoms. The van der Waals surface area contributed by atoms with Crippen molar-refractivity contribution < 1.29 is 5.11 Å². The topological polar surface area (TPSA) is 23.5 Å². The van der Waals surface area contributed by atoms with Gasteiger partial charge in [-0.25, -0.2) is 0 Å². The van der Waals surface area contributed by atoms with Gasteiger partial charge in [0.2, 0.25) is 0 Å². The fourth-order valence-corrected chi connectivity index (χ4v) is 5.16. The van der Waals surface area contributed by atoms with Gasteiger partial charge in [-0.2, -0.15) is 0 Å². The molecule has 0 aliphatic carbocycles. The summed E-state index contributed by atoms with van der Waals surface area (Å²) >= 11 is 1.62. The maximum Gasteiger partial charge on any atom is 0.0774 e. The highest BCUT2D eigenvalue weighted by Gasteiger charge is 2.16. The first-order valence-electron chi connectivity index (χ1n) is 11.7. The molecule has 1 aromatic heterocycles. The highest BCUT2D eigenvalue weighted by Crippen LogP contribution is 2.32. The van der Waals surface area contributed by atoms with Gasteiger partial charge in [0, 0.05) is 23.2 Å². The molecule has 0 atom stereocenters. The third-order valence-electron chi connectivity index (χ3n) is 6.07. The molecule has 1 heterocycles. The zero-order chi connectivity index (χ0) is 22.2. The summed E-state index contributed by atoms with van der Waals surface area (Å²) < 4.78 is 0. The summed E-state index contributed by atoms with van der Waals surface area (Å²) in [4.78, 5) is 3.49. The van der Waals surface area contributed by atoms with Gasteiger partial charge in [0.05, 0.1) is 6.61 Å². The van der Waals surface area contributed by atoms with Crippen LogP contribution in [0.5, 0.6) is 0 Å². The van der Waals surface area contributed by atoms with Gasteiger partial charge in [0.1, 0.15) is 0 Å². The molecule has 3 rings (SSSR count). The molecular formula is C28H37NOS. The molecule has 166 valence electrons. The quantitative estimate of drug-likeness (QED) is 0.330. The van der Waals surface area contributed by atoms with Gasteiger partial charge in [-0.3, -0.25) is 0 Å². The zero-order valence-corrected chi connectivity index (χ0v) is 20.3. The standard InChI is InChI=1S/C28H37NOS/c1-5-9-22(10-6-2)23-13-15-26(16-14-23)29(21(3)4)18-24-11-7-8-12-28(24)25-17-27(19-30)31-20-25/h7-8,11-17,20-22,30H,5-6,9-10,18-19H2,1-4H3. The lowest BCUT2D eigenvalue weighted by molar-refractivity contribution is 0.285. The Morgan fingerprint density at radius 2 is 1.61 bits per heavy atom. The Morgan fingerprint density at radius 3 is 2.19 bits per heavy atom. The number of hydrogen-bond donors (Lipinski definition) is 1. The number of aliphatic hydroxyl groups excluding tert-OH is 1. The molecule has 0 spiro atoms. The Bertz CT molecular complexity index is 922. The van der Waals surface area contributed by atoms with Crippen molar-refractivity contribution in [3.05, 3.63) is 76.0 Å². The molecule has 1 N–H and O–H groups in total. The van der Waals surface area contributed by atoms with Crippen molar-refractivity contribution in [2.45, 2.75) is 78.5 Å². The van der Waals surface area contributed by atoms with Gasteiger partial charge in [-0.15, -0.1) is 11.3 Å². The second-order valence-electron chi connectivity index (χ2n) is 8.70. The Hall–Kier alpha value is -2.10. The highest BCUT2D eigenvalue weighted by atomic mass is 32.1. The van der Waals surface area contributed by atoms with E-state index in [-0.39, 0.29) is 6.61 Å². The van der Waals surface area contributed by atoms with E-state index in [2.05, 4.69) is 92.6 Å². The van der Waals surface area contributed by atoms with Crippen molar-refractivity contribution >= 4 is 17.0 Å². The van der Waals surface area contributed by atoms with Crippen molar-refractivity contribution in [2.75, 3.05) is 4.90 Å². The van der Waals surface area contributed by atoms with Crippen LogP contribution in [0, 0.1) is 0 Å². The molecule has 3 heteroatoms. The maximum absolute atomic E-state index is 9.46. The molecule has 0 saturated heterocycles. The van der Waals surface area contributed by atoms with Gasteiger partial charge >= 0.3 is 0 Å². The molecule has 0 unspecified atom stereocenters. The summed E-state index contributed by atoms with van der Waals surface area (Å²) in [6.07, 6.45) is 5.01. The third kappa shape index (κ3) is 5.99. The monoisotopic (exact) mass is 435 g/mol. The highest BCUT2D eigenvalue weighted by molar-refractivity contribution is 7.10. The molecule has 0 radical (unpaired) electrons. The van der Waals surface area contributed by atoms with E-state index < -0.39 is 0 Å². The lowest BCUT2D eigenvalue weighted by Crippen LogP contribution is -2.30. The number of aliphatic hydroxyl groups is 1. The van der Waals surface area contributed by atoms with E-state index in [1.807, 2.05) is 0 Å². The minimum absolute atomic E-state index is 0.106. The Balaban J connectivity index is 1.86. The van der Waals surface area contributed by atoms with Crippen molar-refractivity contribution in [1.29, 1.82) is 0 Å². The van der Waals surface area contributed by atoms with Crippen LogP contribution in [0.15, 0.2) is 60.0 Å². The van der Waals surface area contributed by atoms with Crippen LogP contribution in [0.25, 0.3) is 11.1 Å². The van der Waals surface area contributed by atoms with Crippen molar-refractivity contribution in [3.63, 3.8) is 0 Å². The molecular weight excluding hydrogens is 398 g/mol. The Kier molecular flexibility index (Phi) is 8.74. The number of hydrogen-bond acceptors (Lipinski definition) is 3. The fourth-order valence-electron chi connectivity index (χ4n) is 4.41. The minimum atomic E-state index is 0.106. The molecule has 0 aliphatic heterocycles. The van der Waals surface area contributed by atoms with Crippen molar-refractivity contribution in [2.24, 2.45) is 0 Å². The summed E-state index contributed by atoms with van der Waals surface area (Å²) in [7, 11) is 0. The minimum Gasteiger partial charge on any atom is -0.391 e. The summed E-state index contributed by atoms with van der Waals surface area (Å²) in [5.41, 5.74) is 6.53. The number of anilines is 1. The molecule has 0 saturated carbocycles. The Labute approximate surface area is 192 Å². The molecule has 0 fully saturated rings. The van der Waals surface area contributed by atoms with E-state index in [9.17, 15) is 5.11 Å². The maximum atomic E-state index is 9.46. The van der Waals surface area contributed by atoms with Crippen LogP contribution >= 0.6 is 11.3 Å². The predicted molar refractivity (Wildman–Crippen MR) is 136 cm³/mol. The second-order valence-corrected chi connectivity index (χ2v) is 9.70. The third-order valence-corrected chi connectivity index (χ3v) is 6.99. The van der Waals surface area contributed by atoms with Crippen molar-refractivity contribution in [3.8, 4) is 11.1 Å². The predicted octanol–water partition coefficient (Wildman–Crippen LogP) is 8.01. The number of benzene rings is 2. The average molecular weight is 436 g/mol. The number of rotatable bonds is 11. The van der Waals surface area contributed by atoms with E-state index >= 15 is 0 Å². The van der Waals surface area contributed by atoms with Crippen LogP contribution in [0.1, 0.15) is 75.3 Å². The summed E-state index contributed by atoms with van der Waals surface area (Å²) in [5, 5.41) is 11.6. The summed E-state index contributed by atoms with van der Waals surface area (Å²) in [6, 6.07) is 20.5. The lowest BCUT2D eigenvalue weighted by Gasteiger charge is -2.30. The fraction of sp³-hybridized carbons (Fsp3) is 0.429. The zero-order valence-electron chi connectivity index (χ0n) is 19.5. The van der Waals surface area contributed by atoms with E-state index in [0.29, 0.717) is 12.0 Å². The van der Waals surface area contributed by atoms with Crippen LogP contribution in [0.4, 0.5) is 5.69 Å². The first kappa shape index (κ1) is 23.6. The molecule has 0 amide bonds. The lowest BCUT2D eigenvalue weighted by atomic mass is 9.90. The van der Waals surface area contributed by atoms with E-state index in [4.69, 9.17) is 0 Å². The number of thiophene rings is 1. The second kappa shape index (κ2) is 11.5. The largest absolute Gasteiger partial charge is 0.391 e. The van der Waals surface area contributed by atoms with Crippen LogP contribution in [0.2, 0.25) is 0 Å². The molecule has 3 aromatic rings. The summed E-state index contributed by atoms with van der Waals surface area (Å²) in [5.74, 6) is 0.677. The molecule has 2 nitrogen and oxygen atoms in total. The SMILES string of the molecule is CCCC(CCC)c1ccc(N(Cc2ccccc2-c2csc(CO)c2)C(C)C)cc1. The first-order chi connectivity index (χ1) is 15.1. The van der Waals surface area contributed by atoms with Crippen LogP contribution in [-0.2, 0) is 13.2 Å². The molecule has 0 aliphatic rings. The first-order valence-corrected chi connectivity index (χ1v) is 12.6. The van der Waals surface area contributed by atoms with Crippen LogP contribution < -0.4 is 4.90 Å². The smallest absolute Gasteiger partial charge is 0.0774 e. The van der Waals surface area contributed by atoms with Gasteiger partial charge in [-0.05, 0) is 78.4 Å². The number of nitrogens with zero attached hydrogens (tertiary/aromatic N) is 1. The van der Waals surface area contributed by atoms with Gasteiger partial charge in [-0.1, -0.05) is 63.1 Å². The summed E-state index contributed by atoms with van der Waals surface area (Å²) in [6.45, 7) is 10.1. The van der Waals surface area contributed by atoms with E-state index in [1.54, 1.807) is 11.3 Å². The van der Waals surface area contributed by atoms with Gasteiger partial charge in [0.25, 0.3) is 0 Å². The van der Waals surface area contributed by atoms with E-state index in [0.717, 1.165) is 11.4 Å². The molecule has 0 bridgehead atoms. The van der Waals surface area contributed by atoms with Gasteiger partial charge < -0.3 is 10.0 Å². The van der Waals surface area contributed by atoms with E-state index in [1.165, 1.54) is 53.6 Å². The van der Waals surface area contributed by atoms with Crippen LogP contribution in [0.3, 0.4) is 0 Å².